The van der Waals surface area contributed by atoms with Crippen molar-refractivity contribution < 1.29 is 14.3 Å². The Hall–Kier alpha value is -3.85. The number of para-hydroxylation sites is 1. The van der Waals surface area contributed by atoms with Crippen LogP contribution in [0.15, 0.2) is 42.5 Å². The molecule has 2 aliphatic carbocycles. The molecule has 2 N–H and O–H groups in total. The molecule has 42 heavy (non-hydrogen) atoms. The highest BCUT2D eigenvalue weighted by molar-refractivity contribution is 6.00. The van der Waals surface area contributed by atoms with Gasteiger partial charge in [-0.15, -0.1) is 0 Å². The number of rotatable bonds is 7. The maximum absolute atomic E-state index is 13.8. The molecule has 0 radical (unpaired) electrons. The molecule has 2 aromatic heterocycles. The second kappa shape index (κ2) is 9.59. The number of imidazole rings is 1. The van der Waals surface area contributed by atoms with E-state index >= 15 is 0 Å². The molecule has 4 fully saturated rings. The molecule has 9 heteroatoms. The number of amides is 2. The van der Waals surface area contributed by atoms with Gasteiger partial charge in [-0.05, 0) is 61.8 Å². The zero-order valence-corrected chi connectivity index (χ0v) is 24.3. The maximum atomic E-state index is 13.8. The number of benzene rings is 2. The van der Waals surface area contributed by atoms with Crippen LogP contribution in [-0.4, -0.2) is 75.1 Å². The van der Waals surface area contributed by atoms with Crippen molar-refractivity contribution in [3.05, 3.63) is 48.0 Å². The topological polar surface area (TPSA) is 98.6 Å². The maximum Gasteiger partial charge on any atom is 0.254 e. The lowest BCUT2D eigenvalue weighted by atomic mass is 10.1. The number of nitrogens with zero attached hydrogens (tertiary/aromatic N) is 5. The lowest BCUT2D eigenvalue weighted by Gasteiger charge is -2.27. The highest BCUT2D eigenvalue weighted by atomic mass is 16.5. The predicted molar refractivity (Wildman–Crippen MR) is 161 cm³/mol. The number of methoxy groups -OCH3 is 1. The van der Waals surface area contributed by atoms with Crippen LogP contribution in [0.4, 0.5) is 0 Å². The fraction of sp³-hybridized carbons (Fsp3) is 0.485. The van der Waals surface area contributed by atoms with Crippen molar-refractivity contribution in [2.45, 2.75) is 57.3 Å². The SMILES string of the molecule is COc1cc(C(=O)N2CC3CCC2[C@@H]3N)cc2nc(-c3cc4ccccc4n3CC3CC3)n(CC3CC(=O)N(C)C3)c12. The van der Waals surface area contributed by atoms with Crippen molar-refractivity contribution in [2.24, 2.45) is 23.5 Å². The largest absolute Gasteiger partial charge is 0.494 e. The Labute approximate surface area is 245 Å². The molecule has 2 aliphatic heterocycles. The van der Waals surface area contributed by atoms with E-state index in [0.717, 1.165) is 48.5 Å². The number of piperidine rings is 1. The van der Waals surface area contributed by atoms with Crippen LogP contribution in [0.5, 0.6) is 5.75 Å². The molecule has 2 bridgehead atoms. The monoisotopic (exact) mass is 566 g/mol. The number of hydrogen-bond donors (Lipinski definition) is 1. The van der Waals surface area contributed by atoms with E-state index in [4.69, 9.17) is 15.5 Å². The van der Waals surface area contributed by atoms with Crippen LogP contribution >= 0.6 is 0 Å². The van der Waals surface area contributed by atoms with Gasteiger partial charge in [-0.3, -0.25) is 9.59 Å². The van der Waals surface area contributed by atoms with Gasteiger partial charge in [0.15, 0.2) is 5.82 Å². The third-order valence-electron chi connectivity index (χ3n) is 10.2. The van der Waals surface area contributed by atoms with Crippen molar-refractivity contribution in [1.29, 1.82) is 0 Å². The Morgan fingerprint density at radius 1 is 1.02 bits per heavy atom. The molecular weight excluding hydrogens is 528 g/mol. The van der Waals surface area contributed by atoms with E-state index in [0.29, 0.717) is 42.7 Å². The first-order valence-corrected chi connectivity index (χ1v) is 15.4. The van der Waals surface area contributed by atoms with E-state index in [1.165, 1.54) is 23.7 Å². The predicted octanol–water partition coefficient (Wildman–Crippen LogP) is 4.12. The van der Waals surface area contributed by atoms with Crippen molar-refractivity contribution in [1.82, 2.24) is 23.9 Å². The highest BCUT2D eigenvalue weighted by Crippen LogP contribution is 2.41. The van der Waals surface area contributed by atoms with Gasteiger partial charge >= 0.3 is 0 Å². The molecule has 218 valence electrons. The number of ether oxygens (including phenoxy) is 1. The van der Waals surface area contributed by atoms with Crippen molar-refractivity contribution in [3.8, 4) is 17.3 Å². The second-order valence-electron chi connectivity index (χ2n) is 13.0. The summed E-state index contributed by atoms with van der Waals surface area (Å²) in [6.07, 6.45) is 5.08. The Morgan fingerprint density at radius 3 is 2.52 bits per heavy atom. The van der Waals surface area contributed by atoms with Gasteiger partial charge in [0.25, 0.3) is 5.91 Å². The third-order valence-corrected chi connectivity index (χ3v) is 10.2. The van der Waals surface area contributed by atoms with Crippen molar-refractivity contribution >= 4 is 33.8 Å². The summed E-state index contributed by atoms with van der Waals surface area (Å²) in [6.45, 7) is 3.02. The smallest absolute Gasteiger partial charge is 0.254 e. The van der Waals surface area contributed by atoms with E-state index in [9.17, 15) is 9.59 Å². The zero-order chi connectivity index (χ0) is 28.7. The number of carbonyl (C=O) groups excluding carboxylic acids is 2. The number of hydrogen-bond acceptors (Lipinski definition) is 5. The van der Waals surface area contributed by atoms with E-state index in [1.54, 1.807) is 7.11 Å². The van der Waals surface area contributed by atoms with Gasteiger partial charge in [0.2, 0.25) is 5.91 Å². The molecule has 0 spiro atoms. The van der Waals surface area contributed by atoms with Crippen LogP contribution in [0.25, 0.3) is 33.5 Å². The summed E-state index contributed by atoms with van der Waals surface area (Å²) in [5, 5.41) is 1.19. The number of aromatic nitrogens is 3. The first-order valence-electron chi connectivity index (χ1n) is 15.4. The third kappa shape index (κ3) is 4.04. The second-order valence-corrected chi connectivity index (χ2v) is 13.0. The van der Waals surface area contributed by atoms with E-state index < -0.39 is 0 Å². The molecule has 8 rings (SSSR count). The Kier molecular flexibility index (Phi) is 5.90. The Bertz CT molecular complexity index is 1730. The van der Waals surface area contributed by atoms with Gasteiger partial charge < -0.3 is 29.4 Å². The fourth-order valence-corrected chi connectivity index (χ4v) is 7.82. The standard InChI is InChI=1S/C33H38N6O3/c1-36-15-20(11-29(36)40)17-39-31-24(12-23(14-28(31)42-2)33(41)38-18-22-9-10-26(38)30(22)34)35-32(39)27-13-21-5-3-4-6-25(21)37(27)16-19-7-8-19/h3-6,12-14,19-20,22,26,30H,7-11,15-18,34H2,1-2H3/t20?,22?,26?,30-/m1/s1. The summed E-state index contributed by atoms with van der Waals surface area (Å²) >= 11 is 0. The minimum Gasteiger partial charge on any atom is -0.494 e. The summed E-state index contributed by atoms with van der Waals surface area (Å²) < 4.78 is 10.6. The van der Waals surface area contributed by atoms with Gasteiger partial charge in [0.05, 0.1) is 18.3 Å². The molecule has 4 heterocycles. The molecule has 2 aromatic carbocycles. The first kappa shape index (κ1) is 25.8. The summed E-state index contributed by atoms with van der Waals surface area (Å²) in [5.41, 5.74) is 10.9. The van der Waals surface area contributed by atoms with Crippen molar-refractivity contribution in [2.75, 3.05) is 27.2 Å². The molecule has 3 unspecified atom stereocenters. The summed E-state index contributed by atoms with van der Waals surface area (Å²) in [7, 11) is 3.53. The molecule has 2 saturated heterocycles. The number of nitrogens with two attached hydrogens (primary N) is 1. The summed E-state index contributed by atoms with van der Waals surface area (Å²) in [5.74, 6) is 2.88. The van der Waals surface area contributed by atoms with Crippen LogP contribution in [-0.2, 0) is 17.9 Å². The summed E-state index contributed by atoms with van der Waals surface area (Å²) in [4.78, 5) is 35.4. The van der Waals surface area contributed by atoms with E-state index in [1.807, 2.05) is 29.0 Å². The van der Waals surface area contributed by atoms with Crippen LogP contribution in [0.2, 0.25) is 0 Å². The van der Waals surface area contributed by atoms with Gasteiger partial charge in [0.1, 0.15) is 11.3 Å². The van der Waals surface area contributed by atoms with Crippen LogP contribution < -0.4 is 10.5 Å². The van der Waals surface area contributed by atoms with Crippen LogP contribution in [0.3, 0.4) is 0 Å². The quantitative estimate of drug-likeness (QED) is 0.363. The molecule has 4 atom stereocenters. The normalized spacial score (nSPS) is 25.5. The van der Waals surface area contributed by atoms with Gasteiger partial charge in [-0.25, -0.2) is 4.98 Å². The van der Waals surface area contributed by atoms with Crippen molar-refractivity contribution in [3.63, 3.8) is 0 Å². The van der Waals surface area contributed by atoms with Gasteiger partial charge in [-0.2, -0.15) is 0 Å². The molecule has 9 nitrogen and oxygen atoms in total. The summed E-state index contributed by atoms with van der Waals surface area (Å²) in [6, 6.07) is 14.7. The van der Waals surface area contributed by atoms with E-state index in [2.05, 4.69) is 39.5 Å². The molecule has 4 aromatic rings. The minimum absolute atomic E-state index is 0.000175. The van der Waals surface area contributed by atoms with Crippen LogP contribution in [0, 0.1) is 17.8 Å². The number of fused-ring (bicyclic) bond motifs is 4. The average Bonchev–Trinajstić information content (AvgIpc) is 3.19. The molecule has 2 amide bonds. The van der Waals surface area contributed by atoms with E-state index in [-0.39, 0.29) is 29.8 Å². The lowest BCUT2D eigenvalue weighted by molar-refractivity contribution is -0.126. The van der Waals surface area contributed by atoms with Crippen LogP contribution in [0.1, 0.15) is 42.5 Å². The fourth-order valence-electron chi connectivity index (χ4n) is 7.82. The lowest BCUT2D eigenvalue weighted by Crippen LogP contribution is -2.41. The first-order chi connectivity index (χ1) is 20.4. The highest BCUT2D eigenvalue weighted by Gasteiger charge is 2.47. The van der Waals surface area contributed by atoms with Gasteiger partial charge in [0, 0.05) is 74.1 Å². The zero-order valence-electron chi connectivity index (χ0n) is 24.3. The molecular formula is C33H38N6O3. The molecule has 4 aliphatic rings. The number of likely N-dealkylation sites (tertiary alicyclic amines) is 2. The average molecular weight is 567 g/mol. The number of carbonyl (C=O) groups is 2. The molecule has 2 saturated carbocycles. The minimum atomic E-state index is -0.000175. The Morgan fingerprint density at radius 2 is 1.83 bits per heavy atom. The Balaban J connectivity index is 1.29. The van der Waals surface area contributed by atoms with Gasteiger partial charge in [-0.1, -0.05) is 18.2 Å².